The van der Waals surface area contributed by atoms with Gasteiger partial charge in [-0.3, -0.25) is 4.72 Å². The van der Waals surface area contributed by atoms with Crippen LogP contribution in [0, 0.1) is 0 Å². The summed E-state index contributed by atoms with van der Waals surface area (Å²) >= 11 is 6.00. The van der Waals surface area contributed by atoms with E-state index >= 15 is 0 Å². The molecule has 0 bridgehead atoms. The molecule has 1 aromatic carbocycles. The molecule has 0 aliphatic heterocycles. The maximum atomic E-state index is 12.5. The minimum absolute atomic E-state index is 0.0456. The topological polar surface area (TPSA) is 71.5 Å². The Morgan fingerprint density at radius 2 is 2.04 bits per heavy atom. The number of benzene rings is 1. The molecule has 2 rings (SSSR count). The number of halogens is 1. The van der Waals surface area contributed by atoms with E-state index in [1.807, 2.05) is 13.1 Å². The Morgan fingerprint density at radius 1 is 1.28 bits per heavy atom. The summed E-state index contributed by atoms with van der Waals surface area (Å²) in [6, 6.07) is 7.76. The van der Waals surface area contributed by atoms with Crippen molar-refractivity contribution in [2.75, 3.05) is 30.3 Å². The normalized spacial score (nSPS) is 11.2. The third-order valence-corrected chi connectivity index (χ3v) is 5.36. The number of unbranched alkanes of at least 4 members (excludes halogenated alkanes) is 1. The highest BCUT2D eigenvalue weighted by Gasteiger charge is 2.17. The first kappa shape index (κ1) is 19.3. The average Bonchev–Trinajstić information content (AvgIpc) is 2.59. The van der Waals surface area contributed by atoms with Gasteiger partial charge in [0.2, 0.25) is 0 Å². The van der Waals surface area contributed by atoms with E-state index in [9.17, 15) is 8.42 Å². The Hall–Kier alpha value is -1.99. The van der Waals surface area contributed by atoms with Gasteiger partial charge in [-0.25, -0.2) is 13.4 Å². The highest BCUT2D eigenvalue weighted by atomic mass is 35.5. The fraction of sp³-hybridized carbons (Fsp3) is 0.353. The summed E-state index contributed by atoms with van der Waals surface area (Å²) < 4.78 is 32.4. The third kappa shape index (κ3) is 4.99. The number of sulfonamides is 1. The van der Waals surface area contributed by atoms with Crippen molar-refractivity contribution < 1.29 is 13.2 Å². The van der Waals surface area contributed by atoms with Gasteiger partial charge in [0.05, 0.1) is 28.9 Å². The Bertz CT molecular complexity index is 810. The fourth-order valence-corrected chi connectivity index (χ4v) is 3.56. The maximum absolute atomic E-state index is 12.5. The number of hydrogen-bond acceptors (Lipinski definition) is 5. The van der Waals surface area contributed by atoms with Gasteiger partial charge < -0.3 is 9.64 Å². The van der Waals surface area contributed by atoms with Crippen LogP contribution in [0.5, 0.6) is 5.75 Å². The summed E-state index contributed by atoms with van der Waals surface area (Å²) in [6.45, 7) is 3.06. The van der Waals surface area contributed by atoms with Crippen molar-refractivity contribution in [1.29, 1.82) is 0 Å². The average molecular weight is 384 g/mol. The van der Waals surface area contributed by atoms with Crippen LogP contribution in [0.4, 0.5) is 11.5 Å². The molecule has 0 saturated heterocycles. The van der Waals surface area contributed by atoms with Crippen molar-refractivity contribution >= 4 is 33.1 Å². The second-order valence-electron chi connectivity index (χ2n) is 5.58. The maximum Gasteiger partial charge on any atom is 0.263 e. The fourth-order valence-electron chi connectivity index (χ4n) is 2.21. The molecule has 0 amide bonds. The van der Waals surface area contributed by atoms with Crippen molar-refractivity contribution in [3.63, 3.8) is 0 Å². The number of pyridine rings is 1. The summed E-state index contributed by atoms with van der Waals surface area (Å²) in [6.07, 6.45) is 3.84. The van der Waals surface area contributed by atoms with Gasteiger partial charge in [0.25, 0.3) is 10.0 Å². The number of ether oxygens (including phenoxy) is 1. The zero-order valence-electron chi connectivity index (χ0n) is 14.5. The van der Waals surface area contributed by atoms with Crippen molar-refractivity contribution in [3.05, 3.63) is 41.6 Å². The van der Waals surface area contributed by atoms with Crippen LogP contribution < -0.4 is 14.4 Å². The monoisotopic (exact) mass is 383 g/mol. The van der Waals surface area contributed by atoms with Gasteiger partial charge in [0.1, 0.15) is 11.6 Å². The van der Waals surface area contributed by atoms with Crippen LogP contribution in [0.25, 0.3) is 0 Å². The predicted molar refractivity (Wildman–Crippen MR) is 101 cm³/mol. The summed E-state index contributed by atoms with van der Waals surface area (Å²) in [5, 5.41) is 0.228. The van der Waals surface area contributed by atoms with Gasteiger partial charge in [-0.15, -0.1) is 0 Å². The molecule has 25 heavy (non-hydrogen) atoms. The number of methoxy groups -OCH3 is 1. The highest BCUT2D eigenvalue weighted by Crippen LogP contribution is 2.27. The van der Waals surface area contributed by atoms with Crippen LogP contribution in [0.15, 0.2) is 41.4 Å². The van der Waals surface area contributed by atoms with Gasteiger partial charge in [-0.2, -0.15) is 0 Å². The minimum Gasteiger partial charge on any atom is -0.495 e. The molecule has 0 saturated carbocycles. The van der Waals surface area contributed by atoms with Gasteiger partial charge in [-0.05, 0) is 36.8 Å². The smallest absolute Gasteiger partial charge is 0.263 e. The quantitative estimate of drug-likeness (QED) is 0.751. The van der Waals surface area contributed by atoms with Crippen LogP contribution in [-0.2, 0) is 10.0 Å². The summed E-state index contributed by atoms with van der Waals surface area (Å²) in [4.78, 5) is 6.31. The third-order valence-electron chi connectivity index (χ3n) is 3.71. The van der Waals surface area contributed by atoms with Crippen molar-refractivity contribution in [2.45, 2.75) is 24.7 Å². The molecule has 0 unspecified atom stereocenters. The number of rotatable bonds is 8. The van der Waals surface area contributed by atoms with Crippen LogP contribution in [0.3, 0.4) is 0 Å². The van der Waals surface area contributed by atoms with Gasteiger partial charge >= 0.3 is 0 Å². The lowest BCUT2D eigenvalue weighted by molar-refractivity contribution is 0.414. The summed E-state index contributed by atoms with van der Waals surface area (Å²) in [7, 11) is -0.323. The van der Waals surface area contributed by atoms with E-state index in [-0.39, 0.29) is 15.7 Å². The number of hydrogen-bond donors (Lipinski definition) is 1. The Balaban J connectivity index is 2.14. The van der Waals surface area contributed by atoms with Crippen LogP contribution in [0.2, 0.25) is 5.02 Å². The lowest BCUT2D eigenvalue weighted by Crippen LogP contribution is -2.19. The zero-order valence-corrected chi connectivity index (χ0v) is 16.1. The van der Waals surface area contributed by atoms with E-state index in [0.717, 1.165) is 25.1 Å². The van der Waals surface area contributed by atoms with Crippen molar-refractivity contribution in [2.24, 2.45) is 0 Å². The number of nitrogens with zero attached hydrogens (tertiary/aromatic N) is 2. The van der Waals surface area contributed by atoms with E-state index in [0.29, 0.717) is 5.75 Å². The van der Waals surface area contributed by atoms with Gasteiger partial charge in [0.15, 0.2) is 0 Å². The zero-order chi connectivity index (χ0) is 18.4. The Kier molecular flexibility index (Phi) is 6.50. The van der Waals surface area contributed by atoms with Crippen molar-refractivity contribution in [1.82, 2.24) is 4.98 Å². The summed E-state index contributed by atoms with van der Waals surface area (Å²) in [5.41, 5.74) is 0.934. The van der Waals surface area contributed by atoms with Crippen LogP contribution in [0.1, 0.15) is 19.8 Å². The minimum atomic E-state index is -3.77. The van der Waals surface area contributed by atoms with E-state index in [1.54, 1.807) is 12.3 Å². The molecule has 1 aromatic heterocycles. The lowest BCUT2D eigenvalue weighted by atomic mass is 10.3. The van der Waals surface area contributed by atoms with E-state index in [4.69, 9.17) is 16.3 Å². The van der Waals surface area contributed by atoms with Crippen molar-refractivity contribution in [3.8, 4) is 5.75 Å². The molecule has 0 aliphatic carbocycles. The first-order chi connectivity index (χ1) is 11.9. The second kappa shape index (κ2) is 8.40. The van der Waals surface area contributed by atoms with Crippen LogP contribution in [-0.4, -0.2) is 34.1 Å². The first-order valence-corrected chi connectivity index (χ1v) is 9.77. The molecule has 2 aromatic rings. The molecule has 0 spiro atoms. The molecule has 0 aliphatic rings. The Labute approximate surface area is 153 Å². The lowest BCUT2D eigenvalue weighted by Gasteiger charge is -2.18. The number of anilines is 2. The molecular weight excluding hydrogens is 362 g/mol. The molecule has 136 valence electrons. The molecule has 8 heteroatoms. The molecule has 1 heterocycles. The second-order valence-corrected chi connectivity index (χ2v) is 7.67. The molecular formula is C17H22ClN3O3S. The predicted octanol–water partition coefficient (Wildman–Crippen LogP) is 3.78. The molecule has 0 radical (unpaired) electrons. The summed E-state index contributed by atoms with van der Waals surface area (Å²) in [5.74, 6) is 0.665. The SMILES string of the molecule is CCCCN(C)c1ccc(NS(=O)(=O)c2ccc(OC)c(Cl)c2)nc1. The van der Waals surface area contributed by atoms with Gasteiger partial charge in [0, 0.05) is 13.6 Å². The number of nitrogens with one attached hydrogen (secondary N) is 1. The van der Waals surface area contributed by atoms with Gasteiger partial charge in [-0.1, -0.05) is 24.9 Å². The molecule has 0 atom stereocenters. The Morgan fingerprint density at radius 3 is 2.60 bits per heavy atom. The largest absolute Gasteiger partial charge is 0.495 e. The molecule has 1 N–H and O–H groups in total. The standard InChI is InChI=1S/C17H22ClN3O3S/c1-4-5-10-21(2)13-6-9-17(19-12-13)20-25(22,23)14-7-8-16(24-3)15(18)11-14/h6-9,11-12H,4-5,10H2,1-3H3,(H,19,20). The first-order valence-electron chi connectivity index (χ1n) is 7.91. The number of aromatic nitrogens is 1. The molecule has 6 nitrogen and oxygen atoms in total. The van der Waals surface area contributed by atoms with Crippen LogP contribution >= 0.6 is 11.6 Å². The van der Waals surface area contributed by atoms with E-state index < -0.39 is 10.0 Å². The molecule has 0 fully saturated rings. The van der Waals surface area contributed by atoms with E-state index in [2.05, 4.69) is 21.5 Å². The van der Waals surface area contributed by atoms with E-state index in [1.165, 1.54) is 25.3 Å². The highest BCUT2D eigenvalue weighted by molar-refractivity contribution is 7.92.